The Balaban J connectivity index is 1.88. The number of imide groups is 1. The fourth-order valence-electron chi connectivity index (χ4n) is 2.43. The van der Waals surface area contributed by atoms with Crippen LogP contribution in [0.4, 0.5) is 10.5 Å². The van der Waals surface area contributed by atoms with E-state index in [0.29, 0.717) is 6.61 Å². The molecule has 0 fully saturated rings. The summed E-state index contributed by atoms with van der Waals surface area (Å²) in [5, 5.41) is 7.10. The van der Waals surface area contributed by atoms with E-state index in [-0.39, 0.29) is 30.1 Å². The summed E-state index contributed by atoms with van der Waals surface area (Å²) in [5.74, 6) is -1.89. The van der Waals surface area contributed by atoms with Gasteiger partial charge in [-0.2, -0.15) is 0 Å². The third-order valence-electron chi connectivity index (χ3n) is 3.81. The molecule has 0 heterocycles. The number of benzene rings is 2. The maximum absolute atomic E-state index is 12.3. The zero-order valence-corrected chi connectivity index (χ0v) is 16.5. The van der Waals surface area contributed by atoms with E-state index in [1.807, 2.05) is 35.6 Å². The first-order chi connectivity index (χ1) is 14.5. The smallest absolute Gasteiger partial charge is 0.340 e. The van der Waals surface area contributed by atoms with Gasteiger partial charge in [-0.15, -0.1) is 0 Å². The Bertz CT molecular complexity index is 885. The van der Waals surface area contributed by atoms with E-state index in [1.54, 1.807) is 18.2 Å². The summed E-state index contributed by atoms with van der Waals surface area (Å²) in [6, 6.07) is 14.7. The van der Waals surface area contributed by atoms with Gasteiger partial charge in [-0.3, -0.25) is 14.9 Å². The number of hydrogen-bond acceptors (Lipinski definition) is 6. The first-order valence-corrected chi connectivity index (χ1v) is 9.16. The van der Waals surface area contributed by atoms with Crippen molar-refractivity contribution in [2.45, 2.75) is 6.42 Å². The van der Waals surface area contributed by atoms with Crippen LogP contribution in [0.3, 0.4) is 0 Å². The molecule has 2 rings (SSSR count). The molecule has 0 spiro atoms. The van der Waals surface area contributed by atoms with Crippen LogP contribution in [0.5, 0.6) is 0 Å². The number of hydrogen-bond donors (Lipinski definition) is 3. The SMILES string of the molecule is COCCNC(=O)NC(=O)COC(=O)c1ccccc1NC(=O)Cc1ccccc1. The average Bonchev–Trinajstić information content (AvgIpc) is 2.73. The van der Waals surface area contributed by atoms with Crippen LogP contribution in [-0.4, -0.2) is 50.7 Å². The highest BCUT2D eigenvalue weighted by atomic mass is 16.5. The molecule has 0 aliphatic carbocycles. The zero-order chi connectivity index (χ0) is 21.8. The number of esters is 1. The predicted molar refractivity (Wildman–Crippen MR) is 109 cm³/mol. The van der Waals surface area contributed by atoms with Crippen molar-refractivity contribution in [3.63, 3.8) is 0 Å². The minimum atomic E-state index is -0.805. The van der Waals surface area contributed by atoms with Gasteiger partial charge in [0.2, 0.25) is 5.91 Å². The van der Waals surface area contributed by atoms with Crippen molar-refractivity contribution in [2.75, 3.05) is 32.2 Å². The van der Waals surface area contributed by atoms with Crippen LogP contribution >= 0.6 is 0 Å². The second kappa shape index (κ2) is 12.0. The highest BCUT2D eigenvalue weighted by Crippen LogP contribution is 2.17. The van der Waals surface area contributed by atoms with Gasteiger partial charge in [0.15, 0.2) is 6.61 Å². The molecule has 2 aromatic rings. The molecular formula is C21H23N3O6. The van der Waals surface area contributed by atoms with Crippen LogP contribution in [0.1, 0.15) is 15.9 Å². The lowest BCUT2D eigenvalue weighted by Gasteiger charge is -2.11. The molecule has 30 heavy (non-hydrogen) atoms. The number of nitrogens with one attached hydrogen (secondary N) is 3. The van der Waals surface area contributed by atoms with Crippen molar-refractivity contribution in [1.29, 1.82) is 0 Å². The molecule has 0 aliphatic rings. The van der Waals surface area contributed by atoms with Crippen molar-refractivity contribution in [2.24, 2.45) is 0 Å². The Hall–Kier alpha value is -3.72. The zero-order valence-electron chi connectivity index (χ0n) is 16.5. The van der Waals surface area contributed by atoms with E-state index in [4.69, 9.17) is 9.47 Å². The summed E-state index contributed by atoms with van der Waals surface area (Å²) >= 11 is 0. The third-order valence-corrected chi connectivity index (χ3v) is 3.81. The van der Waals surface area contributed by atoms with Crippen LogP contribution < -0.4 is 16.0 Å². The number of anilines is 1. The molecule has 0 aromatic heterocycles. The number of amides is 4. The lowest BCUT2D eigenvalue weighted by molar-refractivity contribution is -0.123. The van der Waals surface area contributed by atoms with Crippen molar-refractivity contribution >= 4 is 29.5 Å². The highest BCUT2D eigenvalue weighted by molar-refractivity contribution is 6.02. The van der Waals surface area contributed by atoms with Crippen LogP contribution in [0.2, 0.25) is 0 Å². The molecular weight excluding hydrogens is 390 g/mol. The Morgan fingerprint density at radius 2 is 1.60 bits per heavy atom. The fraction of sp³-hybridized carbons (Fsp3) is 0.238. The van der Waals surface area contributed by atoms with E-state index < -0.39 is 24.5 Å². The number of urea groups is 1. The van der Waals surface area contributed by atoms with E-state index in [2.05, 4.69) is 10.6 Å². The summed E-state index contributed by atoms with van der Waals surface area (Å²) < 4.78 is 9.72. The minimum absolute atomic E-state index is 0.0938. The Morgan fingerprint density at radius 1 is 0.900 bits per heavy atom. The van der Waals surface area contributed by atoms with Crippen LogP contribution in [0, 0.1) is 0 Å². The summed E-state index contributed by atoms with van der Waals surface area (Å²) in [7, 11) is 1.48. The monoisotopic (exact) mass is 413 g/mol. The molecule has 9 nitrogen and oxygen atoms in total. The molecule has 158 valence electrons. The third kappa shape index (κ3) is 7.72. The predicted octanol–water partition coefficient (Wildman–Crippen LogP) is 1.50. The van der Waals surface area contributed by atoms with Gasteiger partial charge in [-0.1, -0.05) is 42.5 Å². The summed E-state index contributed by atoms with van der Waals surface area (Å²) in [5.41, 5.74) is 1.19. The topological polar surface area (TPSA) is 123 Å². The Kier molecular flexibility index (Phi) is 9.01. The van der Waals surface area contributed by atoms with E-state index in [1.165, 1.54) is 13.2 Å². The van der Waals surface area contributed by atoms with Crippen LogP contribution in [0.25, 0.3) is 0 Å². The van der Waals surface area contributed by atoms with Crippen molar-refractivity contribution in [1.82, 2.24) is 10.6 Å². The molecule has 0 unspecified atom stereocenters. The van der Waals surface area contributed by atoms with Crippen LogP contribution in [0.15, 0.2) is 54.6 Å². The van der Waals surface area contributed by atoms with Gasteiger partial charge in [-0.25, -0.2) is 9.59 Å². The first-order valence-electron chi connectivity index (χ1n) is 9.16. The van der Waals surface area contributed by atoms with Gasteiger partial charge >= 0.3 is 12.0 Å². The molecule has 3 N–H and O–H groups in total. The fourth-order valence-corrected chi connectivity index (χ4v) is 2.43. The molecule has 0 saturated heterocycles. The molecule has 0 aliphatic heterocycles. The molecule has 0 bridgehead atoms. The highest BCUT2D eigenvalue weighted by Gasteiger charge is 2.17. The van der Waals surface area contributed by atoms with Crippen molar-refractivity contribution in [3.8, 4) is 0 Å². The minimum Gasteiger partial charge on any atom is -0.452 e. The summed E-state index contributed by atoms with van der Waals surface area (Å²) in [4.78, 5) is 47.8. The second-order valence-corrected chi connectivity index (χ2v) is 6.13. The van der Waals surface area contributed by atoms with E-state index in [0.717, 1.165) is 5.56 Å². The number of carbonyl (C=O) groups is 4. The van der Waals surface area contributed by atoms with E-state index in [9.17, 15) is 19.2 Å². The molecule has 2 aromatic carbocycles. The Labute approximate surface area is 173 Å². The van der Waals surface area contributed by atoms with E-state index >= 15 is 0 Å². The molecule has 4 amide bonds. The van der Waals surface area contributed by atoms with Gasteiger partial charge in [-0.05, 0) is 17.7 Å². The van der Waals surface area contributed by atoms with Gasteiger partial charge < -0.3 is 20.1 Å². The number of rotatable bonds is 9. The van der Waals surface area contributed by atoms with Crippen molar-refractivity contribution < 1.29 is 28.7 Å². The maximum atomic E-state index is 12.3. The maximum Gasteiger partial charge on any atom is 0.340 e. The first kappa shape index (κ1) is 22.6. The Morgan fingerprint density at radius 3 is 2.33 bits per heavy atom. The molecule has 9 heteroatoms. The lowest BCUT2D eigenvalue weighted by atomic mass is 10.1. The van der Waals surface area contributed by atoms with Crippen molar-refractivity contribution in [3.05, 3.63) is 65.7 Å². The lowest BCUT2D eigenvalue weighted by Crippen LogP contribution is -2.42. The van der Waals surface area contributed by atoms with Gasteiger partial charge in [0.1, 0.15) is 0 Å². The summed E-state index contributed by atoms with van der Waals surface area (Å²) in [6.45, 7) is -0.127. The second-order valence-electron chi connectivity index (χ2n) is 6.13. The standard InChI is InChI=1S/C21H23N3O6/c1-29-12-11-22-21(28)24-19(26)14-30-20(27)16-9-5-6-10-17(16)23-18(25)13-15-7-3-2-4-8-15/h2-10H,11-14H2,1H3,(H,23,25)(H2,22,24,26,28). The average molecular weight is 413 g/mol. The molecule has 0 saturated carbocycles. The number of para-hydroxylation sites is 1. The summed E-state index contributed by atoms with van der Waals surface area (Å²) in [6.07, 6.45) is 0.144. The molecule has 0 atom stereocenters. The number of ether oxygens (including phenoxy) is 2. The van der Waals surface area contributed by atoms with Crippen LogP contribution in [-0.2, 0) is 25.5 Å². The number of methoxy groups -OCH3 is 1. The quantitative estimate of drug-likeness (QED) is 0.423. The van der Waals surface area contributed by atoms with Gasteiger partial charge in [0, 0.05) is 13.7 Å². The van der Waals surface area contributed by atoms with Gasteiger partial charge in [0.25, 0.3) is 5.91 Å². The largest absolute Gasteiger partial charge is 0.452 e. The van der Waals surface area contributed by atoms with Gasteiger partial charge in [0.05, 0.1) is 24.3 Å². The molecule has 0 radical (unpaired) electrons. The normalized spacial score (nSPS) is 10.0. The number of carbonyl (C=O) groups excluding carboxylic acids is 4.